The van der Waals surface area contributed by atoms with Crippen LogP contribution in [0, 0.1) is 5.92 Å². The molecule has 4 nitrogen and oxygen atoms in total. The average molecular weight is 241 g/mol. The molecular formula is C13H27N3O. The summed E-state index contributed by atoms with van der Waals surface area (Å²) in [6.07, 6.45) is 3.77. The van der Waals surface area contributed by atoms with Gasteiger partial charge in [-0.3, -0.25) is 4.79 Å². The molecule has 1 heterocycles. The Kier molecular flexibility index (Phi) is 5.40. The highest BCUT2D eigenvalue weighted by molar-refractivity contribution is 5.84. The largest absolute Gasteiger partial charge is 0.368 e. The smallest absolute Gasteiger partial charge is 0.238 e. The van der Waals surface area contributed by atoms with Gasteiger partial charge >= 0.3 is 0 Å². The lowest BCUT2D eigenvalue weighted by atomic mass is 9.92. The number of hydrogen-bond acceptors (Lipinski definition) is 3. The minimum absolute atomic E-state index is 0.253. The third-order valence-electron chi connectivity index (χ3n) is 3.94. The number of nitrogens with one attached hydrogen (secondary N) is 1. The summed E-state index contributed by atoms with van der Waals surface area (Å²) < 4.78 is 0. The van der Waals surface area contributed by atoms with E-state index in [1.54, 1.807) is 0 Å². The molecule has 1 fully saturated rings. The second-order valence-electron chi connectivity index (χ2n) is 5.35. The lowest BCUT2D eigenvalue weighted by molar-refractivity contribution is -0.124. The van der Waals surface area contributed by atoms with Crippen LogP contribution in [0.1, 0.15) is 40.0 Å². The minimum Gasteiger partial charge on any atom is -0.368 e. The Morgan fingerprint density at radius 2 is 2.00 bits per heavy atom. The molecule has 0 spiro atoms. The van der Waals surface area contributed by atoms with Gasteiger partial charge in [0.2, 0.25) is 5.91 Å². The van der Waals surface area contributed by atoms with Gasteiger partial charge in [-0.2, -0.15) is 0 Å². The summed E-state index contributed by atoms with van der Waals surface area (Å²) in [5, 5.41) is 3.21. The number of piperidine rings is 1. The van der Waals surface area contributed by atoms with Crippen LogP contribution >= 0.6 is 0 Å². The number of carbonyl (C=O) groups excluding carboxylic acids is 1. The summed E-state index contributed by atoms with van der Waals surface area (Å²) in [6, 6.07) is 0. The molecule has 0 bridgehead atoms. The normalized spacial score (nSPS) is 22.3. The summed E-state index contributed by atoms with van der Waals surface area (Å²) in [6.45, 7) is 9.85. The van der Waals surface area contributed by atoms with Crippen LogP contribution in [0.5, 0.6) is 0 Å². The highest BCUT2D eigenvalue weighted by Gasteiger charge is 2.33. The molecule has 0 aromatic heterocycles. The van der Waals surface area contributed by atoms with Gasteiger partial charge in [-0.15, -0.1) is 0 Å². The third-order valence-corrected chi connectivity index (χ3v) is 3.94. The van der Waals surface area contributed by atoms with E-state index < -0.39 is 5.54 Å². The lowest BCUT2D eigenvalue weighted by Gasteiger charge is -2.37. The molecule has 17 heavy (non-hydrogen) atoms. The van der Waals surface area contributed by atoms with Crippen LogP contribution in [0.3, 0.4) is 0 Å². The Hall–Kier alpha value is -0.610. The minimum atomic E-state index is -0.589. The standard InChI is InChI=1S/C13H27N3O/c1-4-11-6-8-16(9-7-11)10-13(3,12(14)17)15-5-2/h11,15H,4-10H2,1-3H3,(H2,14,17). The predicted molar refractivity (Wildman–Crippen MR) is 70.7 cm³/mol. The van der Waals surface area contributed by atoms with Gasteiger partial charge in [0.25, 0.3) is 0 Å². The number of likely N-dealkylation sites (N-methyl/N-ethyl adjacent to an activating group) is 1. The lowest BCUT2D eigenvalue weighted by Crippen LogP contribution is -2.60. The number of carbonyl (C=O) groups is 1. The molecule has 0 saturated carbocycles. The van der Waals surface area contributed by atoms with Crippen molar-refractivity contribution in [3.63, 3.8) is 0 Å². The fraction of sp³-hybridized carbons (Fsp3) is 0.923. The second-order valence-corrected chi connectivity index (χ2v) is 5.35. The third kappa shape index (κ3) is 3.96. The zero-order chi connectivity index (χ0) is 12.9. The van der Waals surface area contributed by atoms with Crippen molar-refractivity contribution in [2.45, 2.75) is 45.6 Å². The molecule has 100 valence electrons. The van der Waals surface area contributed by atoms with Crippen molar-refractivity contribution in [3.8, 4) is 0 Å². The Labute approximate surface area is 105 Å². The van der Waals surface area contributed by atoms with E-state index in [-0.39, 0.29) is 5.91 Å². The highest BCUT2D eigenvalue weighted by atomic mass is 16.1. The number of amides is 1. The van der Waals surface area contributed by atoms with Crippen LogP contribution in [0.2, 0.25) is 0 Å². The monoisotopic (exact) mass is 241 g/mol. The molecule has 1 atom stereocenters. The molecule has 0 aromatic carbocycles. The van der Waals surface area contributed by atoms with Crippen molar-refractivity contribution in [1.29, 1.82) is 0 Å². The Morgan fingerprint density at radius 1 is 1.41 bits per heavy atom. The van der Waals surface area contributed by atoms with E-state index >= 15 is 0 Å². The molecule has 1 aliphatic rings. The van der Waals surface area contributed by atoms with Crippen LogP contribution in [-0.4, -0.2) is 42.5 Å². The molecule has 1 unspecified atom stereocenters. The molecule has 1 aliphatic heterocycles. The van der Waals surface area contributed by atoms with Gasteiger partial charge in [-0.25, -0.2) is 0 Å². The first-order valence-corrected chi connectivity index (χ1v) is 6.79. The van der Waals surface area contributed by atoms with E-state index in [1.807, 2.05) is 13.8 Å². The average Bonchev–Trinajstić information content (AvgIpc) is 2.30. The van der Waals surface area contributed by atoms with Crippen molar-refractivity contribution in [2.75, 3.05) is 26.2 Å². The Balaban J connectivity index is 2.49. The first kappa shape index (κ1) is 14.5. The fourth-order valence-corrected chi connectivity index (χ4v) is 2.61. The molecule has 0 aliphatic carbocycles. The molecule has 0 radical (unpaired) electrons. The van der Waals surface area contributed by atoms with Gasteiger partial charge in [-0.1, -0.05) is 20.3 Å². The van der Waals surface area contributed by atoms with Gasteiger partial charge in [0.1, 0.15) is 5.54 Å². The summed E-state index contributed by atoms with van der Waals surface area (Å²) in [4.78, 5) is 13.9. The van der Waals surface area contributed by atoms with Gasteiger partial charge in [0, 0.05) is 6.54 Å². The van der Waals surface area contributed by atoms with Crippen molar-refractivity contribution < 1.29 is 4.79 Å². The van der Waals surface area contributed by atoms with Crippen LogP contribution in [0.25, 0.3) is 0 Å². The van der Waals surface area contributed by atoms with E-state index in [2.05, 4.69) is 17.1 Å². The molecule has 0 aromatic rings. The molecular weight excluding hydrogens is 214 g/mol. The van der Waals surface area contributed by atoms with Gasteiger partial charge < -0.3 is 16.0 Å². The van der Waals surface area contributed by atoms with Crippen LogP contribution in [0.4, 0.5) is 0 Å². The number of primary amides is 1. The molecule has 1 amide bonds. The molecule has 1 saturated heterocycles. The summed E-state index contributed by atoms with van der Waals surface area (Å²) in [5.74, 6) is 0.613. The Bertz CT molecular complexity index is 249. The van der Waals surface area contributed by atoms with Crippen LogP contribution in [0.15, 0.2) is 0 Å². The number of hydrogen-bond donors (Lipinski definition) is 2. The second kappa shape index (κ2) is 6.36. The number of nitrogens with two attached hydrogens (primary N) is 1. The van der Waals surface area contributed by atoms with E-state index in [0.717, 1.165) is 32.1 Å². The topological polar surface area (TPSA) is 58.4 Å². The maximum atomic E-state index is 11.5. The van der Waals surface area contributed by atoms with E-state index in [1.165, 1.54) is 19.3 Å². The first-order valence-electron chi connectivity index (χ1n) is 6.79. The number of likely N-dealkylation sites (tertiary alicyclic amines) is 1. The summed E-state index contributed by atoms with van der Waals surface area (Å²) in [5.41, 5.74) is 4.91. The molecule has 1 rings (SSSR count). The van der Waals surface area contributed by atoms with Gasteiger partial charge in [-0.05, 0) is 45.3 Å². The van der Waals surface area contributed by atoms with E-state index in [0.29, 0.717) is 0 Å². The zero-order valence-electron chi connectivity index (χ0n) is 11.5. The van der Waals surface area contributed by atoms with E-state index in [9.17, 15) is 4.79 Å². The maximum absolute atomic E-state index is 11.5. The van der Waals surface area contributed by atoms with Gasteiger partial charge in [0.05, 0.1) is 0 Å². The van der Waals surface area contributed by atoms with Crippen molar-refractivity contribution in [1.82, 2.24) is 10.2 Å². The van der Waals surface area contributed by atoms with E-state index in [4.69, 9.17) is 5.73 Å². The van der Waals surface area contributed by atoms with Crippen molar-refractivity contribution >= 4 is 5.91 Å². The zero-order valence-corrected chi connectivity index (χ0v) is 11.5. The fourth-order valence-electron chi connectivity index (χ4n) is 2.61. The van der Waals surface area contributed by atoms with Gasteiger partial charge in [0.15, 0.2) is 0 Å². The first-order chi connectivity index (χ1) is 8.01. The predicted octanol–water partition coefficient (Wildman–Crippen LogP) is 0.962. The summed E-state index contributed by atoms with van der Waals surface area (Å²) in [7, 11) is 0. The summed E-state index contributed by atoms with van der Waals surface area (Å²) >= 11 is 0. The van der Waals surface area contributed by atoms with Crippen molar-refractivity contribution in [3.05, 3.63) is 0 Å². The quantitative estimate of drug-likeness (QED) is 0.728. The Morgan fingerprint density at radius 3 is 2.41 bits per heavy atom. The number of nitrogens with zero attached hydrogens (tertiary/aromatic N) is 1. The maximum Gasteiger partial charge on any atom is 0.238 e. The highest BCUT2D eigenvalue weighted by Crippen LogP contribution is 2.21. The SMILES string of the molecule is CCNC(C)(CN1CCC(CC)CC1)C(N)=O. The molecule has 3 N–H and O–H groups in total. The van der Waals surface area contributed by atoms with Crippen LogP contribution < -0.4 is 11.1 Å². The molecule has 4 heteroatoms. The number of rotatable bonds is 6. The van der Waals surface area contributed by atoms with Crippen molar-refractivity contribution in [2.24, 2.45) is 11.7 Å². The van der Waals surface area contributed by atoms with Crippen LogP contribution in [-0.2, 0) is 4.79 Å².